The number of hydrogen-bond donors (Lipinski definition) is 1. The third-order valence-corrected chi connectivity index (χ3v) is 5.83. The van der Waals surface area contributed by atoms with Gasteiger partial charge in [0.05, 0.1) is 10.7 Å². The van der Waals surface area contributed by atoms with E-state index in [1.165, 1.54) is 11.1 Å². The van der Waals surface area contributed by atoms with Gasteiger partial charge >= 0.3 is 0 Å². The molecule has 2 heterocycles. The van der Waals surface area contributed by atoms with Gasteiger partial charge in [0.1, 0.15) is 0 Å². The Hall–Kier alpha value is -2.30. The summed E-state index contributed by atoms with van der Waals surface area (Å²) in [5.41, 5.74) is 4.55. The lowest BCUT2D eigenvalue weighted by Gasteiger charge is -2.36. The smallest absolute Gasteiger partial charge is 0.224 e. The first-order valence-electron chi connectivity index (χ1n) is 10.0. The predicted octanol–water partition coefficient (Wildman–Crippen LogP) is 4.45. The lowest BCUT2D eigenvalue weighted by atomic mass is 10.00. The van der Waals surface area contributed by atoms with Crippen molar-refractivity contribution < 1.29 is 4.79 Å². The van der Waals surface area contributed by atoms with Crippen LogP contribution in [0.15, 0.2) is 48.5 Å². The molecule has 0 aliphatic carbocycles. The fourth-order valence-electron chi connectivity index (χ4n) is 3.90. The molecule has 2 aliphatic heterocycles. The minimum Gasteiger partial charge on any atom is -0.368 e. The summed E-state index contributed by atoms with van der Waals surface area (Å²) in [4.78, 5) is 16.3. The molecule has 28 heavy (non-hydrogen) atoms. The maximum Gasteiger partial charge on any atom is 0.224 e. The SMILES string of the molecule is O=C1CCc2cc(/C=C/CCN3CCN(c4ccccc4Cl)CC3)ccc2N1. The Balaban J connectivity index is 1.24. The van der Waals surface area contributed by atoms with Crippen LogP contribution in [0.3, 0.4) is 0 Å². The van der Waals surface area contributed by atoms with Crippen LogP contribution in [-0.2, 0) is 11.2 Å². The van der Waals surface area contributed by atoms with Crippen molar-refractivity contribution in [1.82, 2.24) is 4.90 Å². The second-order valence-electron chi connectivity index (χ2n) is 7.44. The van der Waals surface area contributed by atoms with Crippen molar-refractivity contribution in [2.75, 3.05) is 42.9 Å². The number of aryl methyl sites for hydroxylation is 1. The Morgan fingerprint density at radius 2 is 1.86 bits per heavy atom. The van der Waals surface area contributed by atoms with Gasteiger partial charge in [-0.1, -0.05) is 42.0 Å². The highest BCUT2D eigenvalue weighted by Gasteiger charge is 2.18. The molecular weight excluding hydrogens is 370 g/mol. The molecule has 1 amide bonds. The highest BCUT2D eigenvalue weighted by Crippen LogP contribution is 2.26. The molecule has 0 radical (unpaired) electrons. The molecule has 146 valence electrons. The average Bonchev–Trinajstić information content (AvgIpc) is 2.72. The number of fused-ring (bicyclic) bond motifs is 1. The lowest BCUT2D eigenvalue weighted by molar-refractivity contribution is -0.116. The molecule has 0 bridgehead atoms. The Kier molecular flexibility index (Phi) is 5.98. The van der Waals surface area contributed by atoms with E-state index in [0.717, 1.165) is 62.0 Å². The molecule has 5 heteroatoms. The van der Waals surface area contributed by atoms with Gasteiger partial charge < -0.3 is 10.2 Å². The monoisotopic (exact) mass is 395 g/mol. The van der Waals surface area contributed by atoms with Crippen LogP contribution in [0.1, 0.15) is 24.0 Å². The maximum atomic E-state index is 11.5. The van der Waals surface area contributed by atoms with Gasteiger partial charge in [-0.25, -0.2) is 0 Å². The molecule has 2 aromatic rings. The van der Waals surface area contributed by atoms with E-state index < -0.39 is 0 Å². The summed E-state index contributed by atoms with van der Waals surface area (Å²) in [5, 5.41) is 3.77. The topological polar surface area (TPSA) is 35.6 Å². The number of nitrogens with zero attached hydrogens (tertiary/aromatic N) is 2. The van der Waals surface area contributed by atoms with E-state index in [0.29, 0.717) is 6.42 Å². The Morgan fingerprint density at radius 3 is 2.68 bits per heavy atom. The Labute approximate surface area is 171 Å². The van der Waals surface area contributed by atoms with Gasteiger partial charge in [0.2, 0.25) is 5.91 Å². The van der Waals surface area contributed by atoms with Crippen molar-refractivity contribution in [2.24, 2.45) is 0 Å². The number of para-hydroxylation sites is 1. The van der Waals surface area contributed by atoms with Crippen molar-refractivity contribution in [1.29, 1.82) is 0 Å². The third kappa shape index (κ3) is 4.57. The molecule has 4 rings (SSSR count). The van der Waals surface area contributed by atoms with Crippen LogP contribution in [0, 0.1) is 0 Å². The number of hydrogen-bond acceptors (Lipinski definition) is 3. The molecule has 0 saturated carbocycles. The minimum absolute atomic E-state index is 0.116. The highest BCUT2D eigenvalue weighted by molar-refractivity contribution is 6.33. The molecule has 1 N–H and O–H groups in total. The highest BCUT2D eigenvalue weighted by atomic mass is 35.5. The fraction of sp³-hybridized carbons (Fsp3) is 0.348. The van der Waals surface area contributed by atoms with Crippen molar-refractivity contribution >= 4 is 35.0 Å². The molecule has 2 aliphatic rings. The predicted molar refractivity (Wildman–Crippen MR) is 117 cm³/mol. The van der Waals surface area contributed by atoms with E-state index >= 15 is 0 Å². The molecule has 1 saturated heterocycles. The Bertz CT molecular complexity index is 872. The number of nitrogens with one attached hydrogen (secondary N) is 1. The van der Waals surface area contributed by atoms with Gasteiger partial charge in [-0.2, -0.15) is 0 Å². The van der Waals surface area contributed by atoms with Gasteiger partial charge in [0.25, 0.3) is 0 Å². The van der Waals surface area contributed by atoms with Crippen molar-refractivity contribution in [2.45, 2.75) is 19.3 Å². The van der Waals surface area contributed by atoms with Crippen molar-refractivity contribution in [3.63, 3.8) is 0 Å². The van der Waals surface area contributed by atoms with Crippen molar-refractivity contribution in [3.8, 4) is 0 Å². The fourth-order valence-corrected chi connectivity index (χ4v) is 4.16. The third-order valence-electron chi connectivity index (χ3n) is 5.51. The van der Waals surface area contributed by atoms with Crippen LogP contribution in [0.5, 0.6) is 0 Å². The summed E-state index contributed by atoms with van der Waals surface area (Å²) in [6, 6.07) is 14.4. The number of piperazine rings is 1. The van der Waals surface area contributed by atoms with Gasteiger partial charge in [0.15, 0.2) is 0 Å². The van der Waals surface area contributed by atoms with Crippen LogP contribution in [-0.4, -0.2) is 43.5 Å². The number of anilines is 2. The molecule has 2 aromatic carbocycles. The first kappa shape index (κ1) is 19.0. The van der Waals surface area contributed by atoms with E-state index in [9.17, 15) is 4.79 Å². The molecule has 4 nitrogen and oxygen atoms in total. The normalized spacial score (nSPS) is 17.6. The lowest BCUT2D eigenvalue weighted by Crippen LogP contribution is -2.46. The number of halogens is 1. The first-order chi connectivity index (χ1) is 13.7. The number of carbonyl (C=O) groups excluding carboxylic acids is 1. The largest absolute Gasteiger partial charge is 0.368 e. The van der Waals surface area contributed by atoms with Gasteiger partial charge in [-0.15, -0.1) is 0 Å². The second-order valence-corrected chi connectivity index (χ2v) is 7.84. The maximum absolute atomic E-state index is 11.5. The zero-order valence-corrected chi connectivity index (χ0v) is 16.8. The number of amides is 1. The molecule has 0 spiro atoms. The van der Waals surface area contributed by atoms with Crippen LogP contribution < -0.4 is 10.2 Å². The van der Waals surface area contributed by atoms with Crippen LogP contribution >= 0.6 is 11.6 Å². The molecule has 1 fully saturated rings. The summed E-state index contributed by atoms with van der Waals surface area (Å²) < 4.78 is 0. The number of rotatable bonds is 5. The van der Waals surface area contributed by atoms with Gasteiger partial charge in [-0.05, 0) is 48.2 Å². The van der Waals surface area contributed by atoms with Crippen LogP contribution in [0.25, 0.3) is 6.08 Å². The van der Waals surface area contributed by atoms with Crippen LogP contribution in [0.4, 0.5) is 11.4 Å². The molecular formula is C23H26ClN3O. The van der Waals surface area contributed by atoms with Gasteiger partial charge in [0, 0.05) is 44.8 Å². The Morgan fingerprint density at radius 1 is 1.04 bits per heavy atom. The summed E-state index contributed by atoms with van der Waals surface area (Å²) in [7, 11) is 0. The summed E-state index contributed by atoms with van der Waals surface area (Å²) in [6.07, 6.45) is 6.90. The van der Waals surface area contributed by atoms with Gasteiger partial charge in [-0.3, -0.25) is 9.69 Å². The van der Waals surface area contributed by atoms with E-state index in [1.807, 2.05) is 24.3 Å². The minimum atomic E-state index is 0.116. The van der Waals surface area contributed by atoms with E-state index in [4.69, 9.17) is 11.6 Å². The quantitative estimate of drug-likeness (QED) is 0.812. The van der Waals surface area contributed by atoms with E-state index in [1.54, 1.807) is 0 Å². The van der Waals surface area contributed by atoms with Crippen LogP contribution in [0.2, 0.25) is 5.02 Å². The average molecular weight is 396 g/mol. The van der Waals surface area contributed by atoms with E-state index in [-0.39, 0.29) is 5.91 Å². The molecule has 0 aromatic heterocycles. The molecule has 0 atom stereocenters. The second kappa shape index (κ2) is 8.80. The standard InChI is InChI=1S/C23H26ClN3O/c24-20-6-1-2-7-22(20)27-15-13-26(14-16-27)12-4-3-5-18-8-10-21-19(17-18)9-11-23(28)25-21/h1-3,5-8,10,17H,4,9,11-16H2,(H,25,28)/b5-3+. The zero-order chi connectivity index (χ0) is 19.3. The summed E-state index contributed by atoms with van der Waals surface area (Å²) in [6.45, 7) is 5.25. The number of carbonyl (C=O) groups is 1. The summed E-state index contributed by atoms with van der Waals surface area (Å²) >= 11 is 6.32. The summed E-state index contributed by atoms with van der Waals surface area (Å²) in [5.74, 6) is 0.116. The number of benzene rings is 2. The molecule has 0 unspecified atom stereocenters. The van der Waals surface area contributed by atoms with Crippen molar-refractivity contribution in [3.05, 3.63) is 64.7 Å². The zero-order valence-electron chi connectivity index (χ0n) is 16.0. The van der Waals surface area contributed by atoms with E-state index in [2.05, 4.69) is 45.5 Å². The first-order valence-corrected chi connectivity index (χ1v) is 10.4.